The van der Waals surface area contributed by atoms with Crippen molar-refractivity contribution >= 4 is 29.0 Å². The van der Waals surface area contributed by atoms with Crippen molar-refractivity contribution in [2.45, 2.75) is 23.7 Å². The molecule has 22 heavy (non-hydrogen) atoms. The number of nitrogens with zero attached hydrogens (tertiary/aromatic N) is 2. The van der Waals surface area contributed by atoms with Crippen molar-refractivity contribution in [1.29, 1.82) is 0 Å². The maximum absolute atomic E-state index is 12.7. The Morgan fingerprint density at radius 1 is 1.41 bits per heavy atom. The van der Waals surface area contributed by atoms with Crippen molar-refractivity contribution in [3.05, 3.63) is 46.8 Å². The van der Waals surface area contributed by atoms with E-state index >= 15 is 0 Å². The number of carbonyl (C=O) groups excluding carboxylic acids is 1. The van der Waals surface area contributed by atoms with Crippen LogP contribution >= 0.6 is 23.1 Å². The molecule has 0 aliphatic carbocycles. The summed E-state index contributed by atoms with van der Waals surface area (Å²) < 4.78 is 5.13. The van der Waals surface area contributed by atoms with Gasteiger partial charge in [-0.2, -0.15) is 0 Å². The zero-order chi connectivity index (χ0) is 15.8. The van der Waals surface area contributed by atoms with Crippen LogP contribution in [-0.4, -0.2) is 41.3 Å². The fourth-order valence-corrected chi connectivity index (χ4v) is 3.58. The molecule has 1 atom stereocenters. The van der Waals surface area contributed by atoms with E-state index in [4.69, 9.17) is 4.74 Å². The number of carbonyl (C=O) groups is 1. The predicted molar refractivity (Wildman–Crippen MR) is 91.2 cm³/mol. The highest BCUT2D eigenvalue weighted by atomic mass is 32.2. The van der Waals surface area contributed by atoms with Crippen LogP contribution in [0.4, 0.5) is 0 Å². The van der Waals surface area contributed by atoms with Gasteiger partial charge in [0.2, 0.25) is 5.91 Å². The summed E-state index contributed by atoms with van der Waals surface area (Å²) in [4.78, 5) is 20.0. The molecule has 0 aromatic carbocycles. The van der Waals surface area contributed by atoms with Gasteiger partial charge >= 0.3 is 0 Å². The molecule has 118 valence electrons. The Hall–Kier alpha value is -1.37. The lowest BCUT2D eigenvalue weighted by atomic mass is 10.3. The first-order valence-corrected chi connectivity index (χ1v) is 8.84. The van der Waals surface area contributed by atoms with Gasteiger partial charge in [-0.1, -0.05) is 23.9 Å². The van der Waals surface area contributed by atoms with E-state index in [0.29, 0.717) is 19.7 Å². The Kier molecular flexibility index (Phi) is 6.89. The summed E-state index contributed by atoms with van der Waals surface area (Å²) in [6.45, 7) is 3.70. The molecule has 0 saturated carbocycles. The van der Waals surface area contributed by atoms with Crippen molar-refractivity contribution in [3.63, 3.8) is 0 Å². The Morgan fingerprint density at radius 3 is 2.91 bits per heavy atom. The number of aromatic nitrogens is 1. The highest BCUT2D eigenvalue weighted by Gasteiger charge is 2.22. The van der Waals surface area contributed by atoms with Gasteiger partial charge in [0.25, 0.3) is 0 Å². The fourth-order valence-electron chi connectivity index (χ4n) is 1.96. The molecule has 6 heteroatoms. The number of amides is 1. The predicted octanol–water partition coefficient (Wildman–Crippen LogP) is 3.30. The van der Waals surface area contributed by atoms with E-state index in [2.05, 4.69) is 4.98 Å². The standard InChI is InChI=1S/C16H20N2O2S2/c1-13(22-15-7-3-4-8-17-15)16(19)18(9-10-20-2)12-14-6-5-11-21-14/h3-8,11,13H,9-10,12H2,1-2H3. The van der Waals surface area contributed by atoms with Crippen LogP contribution in [0.5, 0.6) is 0 Å². The molecular formula is C16H20N2O2S2. The van der Waals surface area contributed by atoms with Gasteiger partial charge in [0.15, 0.2) is 0 Å². The second kappa shape index (κ2) is 8.92. The summed E-state index contributed by atoms with van der Waals surface area (Å²) in [5.41, 5.74) is 0. The van der Waals surface area contributed by atoms with Crippen LogP contribution < -0.4 is 0 Å². The summed E-state index contributed by atoms with van der Waals surface area (Å²) in [7, 11) is 1.65. The number of rotatable bonds is 8. The quantitative estimate of drug-likeness (QED) is 0.694. The first-order valence-electron chi connectivity index (χ1n) is 7.08. The Labute approximate surface area is 139 Å². The maximum Gasteiger partial charge on any atom is 0.236 e. The topological polar surface area (TPSA) is 42.4 Å². The minimum absolute atomic E-state index is 0.112. The van der Waals surface area contributed by atoms with E-state index in [1.807, 2.05) is 47.5 Å². The van der Waals surface area contributed by atoms with Gasteiger partial charge < -0.3 is 9.64 Å². The zero-order valence-electron chi connectivity index (χ0n) is 12.8. The van der Waals surface area contributed by atoms with Crippen molar-refractivity contribution in [2.75, 3.05) is 20.3 Å². The van der Waals surface area contributed by atoms with Crippen LogP contribution in [0.2, 0.25) is 0 Å². The lowest BCUT2D eigenvalue weighted by molar-refractivity contribution is -0.131. The third-order valence-corrected chi connectivity index (χ3v) is 4.99. The smallest absolute Gasteiger partial charge is 0.236 e. The van der Waals surface area contributed by atoms with Gasteiger partial charge in [0.1, 0.15) is 0 Å². The SMILES string of the molecule is COCCN(Cc1cccs1)C(=O)C(C)Sc1ccccn1. The van der Waals surface area contributed by atoms with Gasteiger partial charge in [-0.05, 0) is 30.5 Å². The number of methoxy groups -OCH3 is 1. The van der Waals surface area contributed by atoms with E-state index in [1.54, 1.807) is 24.6 Å². The van der Waals surface area contributed by atoms with Gasteiger partial charge in [-0.15, -0.1) is 11.3 Å². The molecule has 0 N–H and O–H groups in total. The van der Waals surface area contributed by atoms with E-state index in [-0.39, 0.29) is 11.2 Å². The Bertz CT molecular complexity index is 561. The van der Waals surface area contributed by atoms with Crippen LogP contribution in [-0.2, 0) is 16.1 Å². The molecule has 0 saturated heterocycles. The molecule has 2 heterocycles. The lowest BCUT2D eigenvalue weighted by Crippen LogP contribution is -2.38. The van der Waals surface area contributed by atoms with Gasteiger partial charge in [-0.25, -0.2) is 4.98 Å². The minimum atomic E-state index is -0.174. The molecular weight excluding hydrogens is 316 g/mol. The summed E-state index contributed by atoms with van der Waals surface area (Å²) >= 11 is 3.15. The maximum atomic E-state index is 12.7. The summed E-state index contributed by atoms with van der Waals surface area (Å²) in [5, 5.41) is 2.72. The molecule has 1 amide bonds. The molecule has 0 aliphatic heterocycles. The second-order valence-corrected chi connectivity index (χ2v) is 7.15. The van der Waals surface area contributed by atoms with E-state index in [9.17, 15) is 4.79 Å². The molecule has 1 unspecified atom stereocenters. The number of hydrogen-bond acceptors (Lipinski definition) is 5. The van der Waals surface area contributed by atoms with Crippen molar-refractivity contribution < 1.29 is 9.53 Å². The second-order valence-electron chi connectivity index (χ2n) is 4.76. The number of pyridine rings is 1. The zero-order valence-corrected chi connectivity index (χ0v) is 14.4. The third-order valence-electron chi connectivity index (χ3n) is 3.09. The van der Waals surface area contributed by atoms with Crippen LogP contribution in [0.15, 0.2) is 46.9 Å². The molecule has 0 radical (unpaired) electrons. The third kappa shape index (κ3) is 5.12. The number of thiophene rings is 1. The summed E-state index contributed by atoms with van der Waals surface area (Å²) in [6, 6.07) is 9.78. The molecule has 0 aliphatic rings. The summed E-state index contributed by atoms with van der Waals surface area (Å²) in [6.07, 6.45) is 1.74. The Morgan fingerprint density at radius 2 is 2.27 bits per heavy atom. The van der Waals surface area contributed by atoms with Crippen LogP contribution in [0.1, 0.15) is 11.8 Å². The van der Waals surface area contributed by atoms with Crippen molar-refractivity contribution in [1.82, 2.24) is 9.88 Å². The lowest BCUT2D eigenvalue weighted by Gasteiger charge is -2.24. The first kappa shape index (κ1) is 17.0. The van der Waals surface area contributed by atoms with Crippen molar-refractivity contribution in [3.8, 4) is 0 Å². The summed E-state index contributed by atoms with van der Waals surface area (Å²) in [5.74, 6) is 0.112. The molecule has 0 fully saturated rings. The van der Waals surface area contributed by atoms with Crippen molar-refractivity contribution in [2.24, 2.45) is 0 Å². The molecule has 2 aromatic heterocycles. The number of thioether (sulfide) groups is 1. The van der Waals surface area contributed by atoms with E-state index < -0.39 is 0 Å². The van der Waals surface area contributed by atoms with E-state index in [1.165, 1.54) is 16.6 Å². The van der Waals surface area contributed by atoms with Crippen LogP contribution in [0, 0.1) is 0 Å². The van der Waals surface area contributed by atoms with Crippen LogP contribution in [0.25, 0.3) is 0 Å². The largest absolute Gasteiger partial charge is 0.383 e. The van der Waals surface area contributed by atoms with E-state index in [0.717, 1.165) is 5.03 Å². The van der Waals surface area contributed by atoms with Crippen LogP contribution in [0.3, 0.4) is 0 Å². The van der Waals surface area contributed by atoms with Gasteiger partial charge in [0, 0.05) is 24.7 Å². The van der Waals surface area contributed by atoms with Gasteiger partial charge in [0.05, 0.1) is 23.4 Å². The average molecular weight is 336 g/mol. The highest BCUT2D eigenvalue weighted by molar-refractivity contribution is 8.00. The monoisotopic (exact) mass is 336 g/mol. The normalized spacial score (nSPS) is 12.1. The Balaban J connectivity index is 2.00. The van der Waals surface area contributed by atoms with Gasteiger partial charge in [-0.3, -0.25) is 4.79 Å². The number of hydrogen-bond donors (Lipinski definition) is 0. The molecule has 0 bridgehead atoms. The number of ether oxygens (including phenoxy) is 1. The highest BCUT2D eigenvalue weighted by Crippen LogP contribution is 2.23. The molecule has 0 spiro atoms. The minimum Gasteiger partial charge on any atom is -0.383 e. The molecule has 2 aromatic rings. The molecule has 2 rings (SSSR count). The fraction of sp³-hybridized carbons (Fsp3) is 0.375. The first-order chi connectivity index (χ1) is 10.7. The molecule has 4 nitrogen and oxygen atoms in total. The average Bonchev–Trinajstić information content (AvgIpc) is 3.04.